The fourth-order valence-electron chi connectivity index (χ4n) is 6.93. The van der Waals surface area contributed by atoms with E-state index in [4.69, 9.17) is 9.47 Å². The maximum atomic E-state index is 14.5. The molecule has 61 heavy (non-hydrogen) atoms. The number of Topliss-reactive ketones (excluding diaryl/α,β-unsaturated/α-hetero) is 1. The summed E-state index contributed by atoms with van der Waals surface area (Å²) in [5.74, 6) is -1.20. The third-order valence-electron chi connectivity index (χ3n) is 10.1. The molecule has 0 bridgehead atoms. The Morgan fingerprint density at radius 1 is 1.00 bits per heavy atom. The number of hydrogen-bond acceptors (Lipinski definition) is 11. The van der Waals surface area contributed by atoms with Crippen LogP contribution in [0.15, 0.2) is 36.7 Å². The molecule has 0 radical (unpaired) electrons. The van der Waals surface area contributed by atoms with Crippen molar-refractivity contribution < 1.29 is 42.8 Å². The van der Waals surface area contributed by atoms with Crippen LogP contribution < -0.4 is 25.8 Å². The maximum absolute atomic E-state index is 14.5. The lowest BCUT2D eigenvalue weighted by atomic mass is 9.85. The van der Waals surface area contributed by atoms with Crippen molar-refractivity contribution in [2.75, 3.05) is 31.2 Å². The number of amides is 5. The number of ether oxygens (including phenoxy) is 2. The predicted molar refractivity (Wildman–Crippen MR) is 239 cm³/mol. The van der Waals surface area contributed by atoms with Gasteiger partial charge in [-0.1, -0.05) is 84.1 Å². The number of nitrogens with zero attached hydrogens (tertiary/aromatic N) is 3. The van der Waals surface area contributed by atoms with Crippen LogP contribution in [0.25, 0.3) is 0 Å². The lowest BCUT2D eigenvalue weighted by molar-refractivity contribution is -0.739. The van der Waals surface area contributed by atoms with Crippen LogP contribution in [0.5, 0.6) is 0 Å². The first kappa shape index (κ1) is 49.7. The Morgan fingerprint density at radius 3 is 2.28 bits per heavy atom. The van der Waals surface area contributed by atoms with E-state index >= 15 is 0 Å². The van der Waals surface area contributed by atoms with Gasteiger partial charge in [-0.25, -0.2) is 9.36 Å². The van der Waals surface area contributed by atoms with Gasteiger partial charge in [0.1, 0.15) is 23.7 Å². The van der Waals surface area contributed by atoms with Crippen LogP contribution in [0.3, 0.4) is 0 Å². The molecule has 19 heteroatoms. The topological polar surface area (TPSA) is 205 Å². The van der Waals surface area contributed by atoms with Crippen LogP contribution >= 0.6 is 23.5 Å². The van der Waals surface area contributed by atoms with Crippen molar-refractivity contribution in [2.24, 2.45) is 5.41 Å². The van der Waals surface area contributed by atoms with E-state index < -0.39 is 89.4 Å². The summed E-state index contributed by atoms with van der Waals surface area (Å²) in [5, 5.41) is 18.1. The fourth-order valence-corrected chi connectivity index (χ4v) is 11.0. The molecular weight excluding hydrogens is 837 g/mol. The minimum Gasteiger partial charge on any atom is -0.444 e. The van der Waals surface area contributed by atoms with E-state index in [0.29, 0.717) is 25.3 Å². The van der Waals surface area contributed by atoms with Gasteiger partial charge >= 0.3 is 6.09 Å². The molecule has 2 unspecified atom stereocenters. The molecule has 2 saturated heterocycles. The molecule has 5 N–H and O–H groups in total. The highest BCUT2D eigenvalue weighted by molar-refractivity contribution is 8.18. The number of aromatic nitrogens is 3. The number of alkyl carbamates (subject to hydrolysis) is 1. The SMILES string of the molecule is CCCC(NC(=O)[C@@H]1CC2(CN1C(=O)[C@@H](NC(=O)OC(C)(C)C)C(C)(C)C)SCCCS2)C(=O)C(=O)NCC(=O)NC(c1ccccc1)c1[nH]nc[n+]1COCC[Si](C)(C)C. The molecular formula is C42H67N8O8S2Si+. The van der Waals surface area contributed by atoms with Crippen LogP contribution in [0.2, 0.25) is 25.7 Å². The fraction of sp³-hybridized carbons (Fsp3) is 0.667. The summed E-state index contributed by atoms with van der Waals surface area (Å²) >= 11 is 3.42. The highest BCUT2D eigenvalue weighted by atomic mass is 32.2. The lowest BCUT2D eigenvalue weighted by Gasteiger charge is -2.36. The first-order valence-electron chi connectivity index (χ1n) is 21.1. The smallest absolute Gasteiger partial charge is 0.408 e. The van der Waals surface area contributed by atoms with E-state index in [0.717, 1.165) is 29.5 Å². The Morgan fingerprint density at radius 2 is 1.67 bits per heavy atom. The molecule has 2 aliphatic heterocycles. The summed E-state index contributed by atoms with van der Waals surface area (Å²) in [6.07, 6.45) is 2.78. The number of nitrogens with one attached hydrogen (secondary N) is 5. The van der Waals surface area contributed by atoms with Gasteiger partial charge in [-0.05, 0) is 62.1 Å². The number of benzene rings is 1. The number of rotatable bonds is 18. The second-order valence-corrected chi connectivity index (χ2v) is 27.8. The molecule has 0 saturated carbocycles. The van der Waals surface area contributed by atoms with Gasteiger partial charge < -0.3 is 35.6 Å². The molecule has 5 amide bonds. The van der Waals surface area contributed by atoms with Gasteiger partial charge in [-0.15, -0.1) is 28.6 Å². The molecule has 4 rings (SSSR count). The van der Waals surface area contributed by atoms with Crippen LogP contribution in [-0.2, 0) is 40.2 Å². The number of ketones is 1. The Bertz CT molecular complexity index is 1840. The Balaban J connectivity index is 1.46. The summed E-state index contributed by atoms with van der Waals surface area (Å²) in [6.45, 7) is 19.9. The van der Waals surface area contributed by atoms with Gasteiger partial charge in [0, 0.05) is 32.7 Å². The molecule has 2 aromatic rings. The van der Waals surface area contributed by atoms with Gasteiger partial charge in [0.15, 0.2) is 6.73 Å². The Kier molecular flexibility index (Phi) is 17.5. The second kappa shape index (κ2) is 21.4. The second-order valence-electron chi connectivity index (χ2n) is 19.0. The van der Waals surface area contributed by atoms with Crippen molar-refractivity contribution in [2.45, 2.75) is 140 Å². The van der Waals surface area contributed by atoms with Crippen LogP contribution in [-0.4, -0.2) is 118 Å². The maximum Gasteiger partial charge on any atom is 0.408 e. The zero-order chi connectivity index (χ0) is 45.2. The molecule has 16 nitrogen and oxygen atoms in total. The van der Waals surface area contributed by atoms with E-state index in [2.05, 4.69) is 51.1 Å². The molecule has 1 aromatic carbocycles. The third kappa shape index (κ3) is 14.8. The number of carbonyl (C=O) groups is 6. The normalized spacial score (nSPS) is 18.1. The van der Waals surface area contributed by atoms with Crippen molar-refractivity contribution in [3.63, 3.8) is 0 Å². The van der Waals surface area contributed by atoms with E-state index in [-0.39, 0.29) is 19.7 Å². The third-order valence-corrected chi connectivity index (χ3v) is 15.2. The minimum absolute atomic E-state index is 0.153. The largest absolute Gasteiger partial charge is 0.444 e. The van der Waals surface area contributed by atoms with E-state index in [9.17, 15) is 28.8 Å². The average molecular weight is 904 g/mol. The van der Waals surface area contributed by atoms with Crippen LogP contribution in [0.1, 0.15) is 91.6 Å². The number of hydrogen-bond donors (Lipinski definition) is 5. The van der Waals surface area contributed by atoms with Gasteiger partial charge in [0.25, 0.3) is 18.1 Å². The molecule has 338 valence electrons. The minimum atomic E-state index is -1.30. The predicted octanol–water partition coefficient (Wildman–Crippen LogP) is 4.29. The number of carbonyl (C=O) groups excluding carboxylic acids is 6. The molecule has 2 aliphatic rings. The lowest BCUT2D eigenvalue weighted by Crippen LogP contribution is -2.59. The van der Waals surface area contributed by atoms with Crippen molar-refractivity contribution >= 4 is 67.1 Å². The van der Waals surface area contributed by atoms with Crippen LogP contribution in [0.4, 0.5) is 4.79 Å². The van der Waals surface area contributed by atoms with Crippen molar-refractivity contribution in [3.05, 3.63) is 48.0 Å². The number of thioether (sulfide) groups is 2. The zero-order valence-electron chi connectivity index (χ0n) is 37.5. The molecule has 3 heterocycles. The first-order valence-corrected chi connectivity index (χ1v) is 26.8. The highest BCUT2D eigenvalue weighted by Gasteiger charge is 2.53. The molecule has 4 atom stereocenters. The van der Waals surface area contributed by atoms with Gasteiger partial charge in [0.05, 0.1) is 16.7 Å². The van der Waals surface area contributed by atoms with Crippen molar-refractivity contribution in [3.8, 4) is 0 Å². The Labute approximate surface area is 369 Å². The van der Waals surface area contributed by atoms with Gasteiger partial charge in [-0.3, -0.25) is 24.0 Å². The molecule has 1 aromatic heterocycles. The standard InChI is InChI=1S/C42H66N8O8S2Si/c1-11-16-29(45-36(53)30-23-42(59-20-15-21-60-42)25-50(30)38(55)34(40(2,3)4)47-39(56)58-41(5,6)7)33(52)37(54)43-24-31(51)46-32(28-17-13-12-14-18-28)35-48-44-26-49(35)27-57-19-22-61(8,9)10/h12-14,17-18,26,29-30,32,34H,11,15-16,19-25,27H2,1-10H3,(H4,43,45,46,47,51,53,54,56)/p+1/t29?,30-,32?,34+/m0/s1. The van der Waals surface area contributed by atoms with E-state index in [1.807, 2.05) is 58.0 Å². The zero-order valence-corrected chi connectivity index (χ0v) is 40.1. The monoisotopic (exact) mass is 903 g/mol. The first-order chi connectivity index (χ1) is 28.5. The Hall–Kier alpha value is -3.94. The summed E-state index contributed by atoms with van der Waals surface area (Å²) in [4.78, 5) is 83.7. The molecule has 1 spiro atoms. The number of aromatic amines is 1. The number of likely N-dealkylation sites (tertiary alicyclic amines) is 1. The summed E-state index contributed by atoms with van der Waals surface area (Å²) in [5.41, 5.74) is -0.784. The van der Waals surface area contributed by atoms with Crippen molar-refractivity contribution in [1.29, 1.82) is 0 Å². The van der Waals surface area contributed by atoms with Gasteiger partial charge in [-0.2, -0.15) is 0 Å². The van der Waals surface area contributed by atoms with Crippen LogP contribution in [0, 0.1) is 5.41 Å². The number of H-pyrrole nitrogens is 1. The quantitative estimate of drug-likeness (QED) is 0.0618. The summed E-state index contributed by atoms with van der Waals surface area (Å²) < 4.78 is 12.8. The molecule has 0 aliphatic carbocycles. The summed E-state index contributed by atoms with van der Waals surface area (Å²) in [7, 11) is -1.30. The van der Waals surface area contributed by atoms with E-state index in [1.165, 1.54) is 4.90 Å². The van der Waals surface area contributed by atoms with E-state index in [1.54, 1.807) is 55.2 Å². The summed E-state index contributed by atoms with van der Waals surface area (Å²) in [6, 6.07) is 6.37. The van der Waals surface area contributed by atoms with Gasteiger partial charge in [0.2, 0.25) is 23.5 Å². The average Bonchev–Trinajstić information content (AvgIpc) is 3.80. The highest BCUT2D eigenvalue weighted by Crippen LogP contribution is 2.50. The van der Waals surface area contributed by atoms with Crippen molar-refractivity contribution in [1.82, 2.24) is 36.4 Å². The molecule has 2 fully saturated rings.